The van der Waals surface area contributed by atoms with Crippen molar-refractivity contribution >= 4 is 17.4 Å². The molecule has 1 aliphatic heterocycles. The Morgan fingerprint density at radius 1 is 1.56 bits per heavy atom. The monoisotopic (exact) mass is 270 g/mol. The van der Waals surface area contributed by atoms with E-state index in [1.807, 2.05) is 26.2 Å². The van der Waals surface area contributed by atoms with Crippen molar-refractivity contribution < 1.29 is 14.3 Å². The minimum Gasteiger partial charge on any atom is -0.465 e. The van der Waals surface area contributed by atoms with Gasteiger partial charge in [-0.05, 0) is 20.8 Å². The first-order valence-corrected chi connectivity index (χ1v) is 6.86. The third-order valence-electron chi connectivity index (χ3n) is 2.47. The molecular formula is C12H18N2O3S. The molecule has 5 nitrogen and oxygen atoms in total. The van der Waals surface area contributed by atoms with E-state index in [0.717, 1.165) is 6.42 Å². The van der Waals surface area contributed by atoms with Gasteiger partial charge >= 0.3 is 6.09 Å². The Hall–Kier alpha value is -1.30. The zero-order valence-corrected chi connectivity index (χ0v) is 11.7. The predicted octanol–water partition coefficient (Wildman–Crippen LogP) is 2.53. The molecule has 0 spiro atoms. The molecule has 1 aromatic rings. The number of amides is 1. The van der Waals surface area contributed by atoms with E-state index in [1.54, 1.807) is 11.1 Å². The van der Waals surface area contributed by atoms with Gasteiger partial charge in [0.2, 0.25) is 0 Å². The van der Waals surface area contributed by atoms with Crippen LogP contribution in [0.4, 0.5) is 4.79 Å². The van der Waals surface area contributed by atoms with E-state index in [4.69, 9.17) is 9.47 Å². The standard InChI is InChI=1S/C12H18N2O3S/c1-12(2,3)17-11(15)14-6-4-9(8-14)16-10-13-5-7-18-10/h5,7,9H,4,6,8H2,1-3H3. The van der Waals surface area contributed by atoms with Crippen LogP contribution in [-0.2, 0) is 4.74 Å². The summed E-state index contributed by atoms with van der Waals surface area (Å²) in [5.41, 5.74) is -0.453. The highest BCUT2D eigenvalue weighted by Crippen LogP contribution is 2.21. The summed E-state index contributed by atoms with van der Waals surface area (Å²) in [4.78, 5) is 17.6. The molecular weight excluding hydrogens is 252 g/mol. The van der Waals surface area contributed by atoms with Gasteiger partial charge in [-0.15, -0.1) is 0 Å². The van der Waals surface area contributed by atoms with E-state index in [9.17, 15) is 4.79 Å². The number of rotatable bonds is 2. The number of likely N-dealkylation sites (tertiary alicyclic amines) is 1. The summed E-state index contributed by atoms with van der Waals surface area (Å²) in [6.07, 6.45) is 2.27. The number of carbonyl (C=O) groups is 1. The molecule has 1 saturated heterocycles. The van der Waals surface area contributed by atoms with Gasteiger partial charge in [-0.1, -0.05) is 11.3 Å². The van der Waals surface area contributed by atoms with Crippen LogP contribution in [0, 0.1) is 0 Å². The molecule has 1 fully saturated rings. The Kier molecular flexibility index (Phi) is 3.75. The van der Waals surface area contributed by atoms with Gasteiger partial charge in [-0.3, -0.25) is 0 Å². The lowest BCUT2D eigenvalue weighted by atomic mass is 10.2. The highest BCUT2D eigenvalue weighted by Gasteiger charge is 2.31. The maximum absolute atomic E-state index is 11.8. The van der Waals surface area contributed by atoms with E-state index in [1.165, 1.54) is 11.3 Å². The molecule has 0 aliphatic carbocycles. The fourth-order valence-electron chi connectivity index (χ4n) is 1.73. The van der Waals surface area contributed by atoms with Gasteiger partial charge in [-0.25, -0.2) is 9.78 Å². The average Bonchev–Trinajstić information content (AvgIpc) is 2.86. The smallest absolute Gasteiger partial charge is 0.410 e. The average molecular weight is 270 g/mol. The molecule has 2 heterocycles. The van der Waals surface area contributed by atoms with E-state index < -0.39 is 5.60 Å². The second kappa shape index (κ2) is 5.14. The summed E-state index contributed by atoms with van der Waals surface area (Å²) >= 11 is 1.46. The minimum atomic E-state index is -0.453. The van der Waals surface area contributed by atoms with Crippen molar-refractivity contribution in [1.29, 1.82) is 0 Å². The lowest BCUT2D eigenvalue weighted by molar-refractivity contribution is 0.0275. The Balaban J connectivity index is 1.83. The van der Waals surface area contributed by atoms with E-state index in [2.05, 4.69) is 4.98 Å². The molecule has 1 aliphatic rings. The number of ether oxygens (including phenoxy) is 2. The summed E-state index contributed by atoms with van der Waals surface area (Å²) < 4.78 is 11.0. The summed E-state index contributed by atoms with van der Waals surface area (Å²) in [5.74, 6) is 0. The second-order valence-corrected chi connectivity index (χ2v) is 6.11. The first kappa shape index (κ1) is 13.1. The largest absolute Gasteiger partial charge is 0.465 e. The van der Waals surface area contributed by atoms with Gasteiger partial charge in [0.1, 0.15) is 11.7 Å². The first-order valence-electron chi connectivity index (χ1n) is 5.98. The quantitative estimate of drug-likeness (QED) is 0.828. The molecule has 1 aromatic heterocycles. The van der Waals surface area contributed by atoms with Crippen molar-refractivity contribution in [2.75, 3.05) is 13.1 Å². The first-order chi connectivity index (χ1) is 8.44. The number of hydrogen-bond donors (Lipinski definition) is 0. The van der Waals surface area contributed by atoms with Crippen LogP contribution in [0.5, 0.6) is 5.19 Å². The summed E-state index contributed by atoms with van der Waals surface area (Å²) in [7, 11) is 0. The molecule has 18 heavy (non-hydrogen) atoms. The van der Waals surface area contributed by atoms with Crippen molar-refractivity contribution in [2.24, 2.45) is 0 Å². The molecule has 0 N–H and O–H groups in total. The Labute approximate surface area is 111 Å². The van der Waals surface area contributed by atoms with Crippen molar-refractivity contribution in [3.05, 3.63) is 11.6 Å². The Bertz CT molecular complexity index is 400. The third-order valence-corrected chi connectivity index (χ3v) is 3.13. The van der Waals surface area contributed by atoms with E-state index in [-0.39, 0.29) is 12.2 Å². The van der Waals surface area contributed by atoms with Gasteiger partial charge < -0.3 is 14.4 Å². The van der Waals surface area contributed by atoms with Crippen LogP contribution in [0.25, 0.3) is 0 Å². The van der Waals surface area contributed by atoms with Crippen molar-refractivity contribution in [3.8, 4) is 5.19 Å². The highest BCUT2D eigenvalue weighted by atomic mass is 32.1. The summed E-state index contributed by atoms with van der Waals surface area (Å²) in [6, 6.07) is 0. The van der Waals surface area contributed by atoms with Gasteiger partial charge in [-0.2, -0.15) is 0 Å². The molecule has 2 rings (SSSR count). The third kappa shape index (κ3) is 3.60. The predicted molar refractivity (Wildman–Crippen MR) is 69.0 cm³/mol. The van der Waals surface area contributed by atoms with Crippen molar-refractivity contribution in [3.63, 3.8) is 0 Å². The van der Waals surface area contributed by atoms with Crippen LogP contribution in [0.1, 0.15) is 27.2 Å². The fraction of sp³-hybridized carbons (Fsp3) is 0.667. The van der Waals surface area contributed by atoms with Crippen LogP contribution in [0.15, 0.2) is 11.6 Å². The van der Waals surface area contributed by atoms with Crippen molar-refractivity contribution in [1.82, 2.24) is 9.88 Å². The number of carbonyl (C=O) groups excluding carboxylic acids is 1. The molecule has 0 saturated carbocycles. The zero-order valence-electron chi connectivity index (χ0n) is 10.9. The molecule has 0 radical (unpaired) electrons. The minimum absolute atomic E-state index is 0.0173. The molecule has 100 valence electrons. The maximum Gasteiger partial charge on any atom is 0.410 e. The molecule has 0 bridgehead atoms. The van der Waals surface area contributed by atoms with Crippen LogP contribution in [-0.4, -0.2) is 40.8 Å². The van der Waals surface area contributed by atoms with Gasteiger partial charge in [0.15, 0.2) is 0 Å². The fourth-order valence-corrected chi connectivity index (χ4v) is 2.28. The van der Waals surface area contributed by atoms with Gasteiger partial charge in [0.25, 0.3) is 5.19 Å². The molecule has 1 unspecified atom stereocenters. The van der Waals surface area contributed by atoms with Crippen LogP contribution >= 0.6 is 11.3 Å². The van der Waals surface area contributed by atoms with Crippen LogP contribution in [0.2, 0.25) is 0 Å². The Morgan fingerprint density at radius 2 is 2.33 bits per heavy atom. The summed E-state index contributed by atoms with van der Waals surface area (Å²) in [6.45, 7) is 6.83. The SMILES string of the molecule is CC(C)(C)OC(=O)N1CCC(Oc2nccs2)C1. The highest BCUT2D eigenvalue weighted by molar-refractivity contribution is 7.11. The van der Waals surface area contributed by atoms with E-state index >= 15 is 0 Å². The molecule has 1 amide bonds. The topological polar surface area (TPSA) is 51.7 Å². The molecule has 1 atom stereocenters. The van der Waals surface area contributed by atoms with Crippen LogP contribution in [0.3, 0.4) is 0 Å². The van der Waals surface area contributed by atoms with Gasteiger partial charge in [0, 0.05) is 24.5 Å². The number of thiazole rings is 1. The number of nitrogens with zero attached hydrogens (tertiary/aromatic N) is 2. The van der Waals surface area contributed by atoms with Gasteiger partial charge in [0.05, 0.1) is 6.54 Å². The Morgan fingerprint density at radius 3 is 2.94 bits per heavy atom. The van der Waals surface area contributed by atoms with E-state index in [0.29, 0.717) is 18.3 Å². The van der Waals surface area contributed by atoms with Crippen molar-refractivity contribution in [2.45, 2.75) is 38.9 Å². The lowest BCUT2D eigenvalue weighted by Crippen LogP contribution is -2.36. The summed E-state index contributed by atoms with van der Waals surface area (Å²) in [5, 5.41) is 2.53. The lowest BCUT2D eigenvalue weighted by Gasteiger charge is -2.24. The molecule has 0 aromatic carbocycles. The number of aromatic nitrogens is 1. The molecule has 6 heteroatoms. The normalized spacial score (nSPS) is 19.9. The second-order valence-electron chi connectivity index (χ2n) is 5.25. The van der Waals surface area contributed by atoms with Crippen LogP contribution < -0.4 is 4.74 Å². The zero-order chi connectivity index (χ0) is 13.2. The number of hydrogen-bond acceptors (Lipinski definition) is 5. The maximum atomic E-state index is 11.8.